The summed E-state index contributed by atoms with van der Waals surface area (Å²) in [5.74, 6) is 0.658. The van der Waals surface area contributed by atoms with Crippen LogP contribution in [0.25, 0.3) is 0 Å². The summed E-state index contributed by atoms with van der Waals surface area (Å²) in [7, 11) is 2.15. The predicted octanol–water partition coefficient (Wildman–Crippen LogP) is 2.83. The first-order chi connectivity index (χ1) is 9.08. The fourth-order valence-electron chi connectivity index (χ4n) is 2.45. The second-order valence-electron chi connectivity index (χ2n) is 5.37. The van der Waals surface area contributed by atoms with Gasteiger partial charge in [-0.3, -0.25) is 4.79 Å². The van der Waals surface area contributed by atoms with Gasteiger partial charge in [-0.2, -0.15) is 0 Å². The highest BCUT2D eigenvalue weighted by molar-refractivity contribution is 9.10. The zero-order chi connectivity index (χ0) is 13.8. The molecule has 0 bridgehead atoms. The lowest BCUT2D eigenvalue weighted by atomic mass is 9.97. The molecule has 1 aliphatic rings. The zero-order valence-electron chi connectivity index (χ0n) is 11.6. The maximum Gasteiger partial charge on any atom is 0.251 e. The van der Waals surface area contributed by atoms with Crippen LogP contribution < -0.4 is 5.32 Å². The van der Waals surface area contributed by atoms with Gasteiger partial charge in [0.15, 0.2) is 0 Å². The van der Waals surface area contributed by atoms with E-state index >= 15 is 0 Å². The molecule has 0 aromatic heterocycles. The second kappa shape index (κ2) is 6.53. The molecule has 1 heterocycles. The molecule has 1 fully saturated rings. The number of nitrogens with one attached hydrogen (secondary N) is 1. The van der Waals surface area contributed by atoms with Gasteiger partial charge in [0.1, 0.15) is 0 Å². The minimum absolute atomic E-state index is 0.0396. The molecule has 2 rings (SSSR count). The van der Waals surface area contributed by atoms with E-state index in [9.17, 15) is 4.79 Å². The zero-order valence-corrected chi connectivity index (χ0v) is 13.2. The number of hydrogen-bond donors (Lipinski definition) is 1. The number of benzene rings is 1. The molecule has 19 heavy (non-hydrogen) atoms. The molecule has 0 saturated carbocycles. The quantitative estimate of drug-likeness (QED) is 0.927. The smallest absolute Gasteiger partial charge is 0.251 e. The summed E-state index contributed by atoms with van der Waals surface area (Å²) in [6.45, 7) is 5.03. The van der Waals surface area contributed by atoms with Crippen molar-refractivity contribution in [1.29, 1.82) is 0 Å². The lowest BCUT2D eigenvalue weighted by Gasteiger charge is -2.29. The Balaban J connectivity index is 1.89. The molecule has 0 radical (unpaired) electrons. The van der Waals surface area contributed by atoms with Crippen LogP contribution in [-0.4, -0.2) is 37.5 Å². The van der Waals surface area contributed by atoms with Crippen molar-refractivity contribution in [2.75, 3.05) is 26.7 Å². The van der Waals surface area contributed by atoms with Crippen LogP contribution in [0.4, 0.5) is 0 Å². The van der Waals surface area contributed by atoms with Gasteiger partial charge >= 0.3 is 0 Å². The highest BCUT2D eigenvalue weighted by Gasteiger charge is 2.18. The third-order valence-corrected chi connectivity index (χ3v) is 4.76. The highest BCUT2D eigenvalue weighted by Crippen LogP contribution is 2.20. The number of piperidine rings is 1. The van der Waals surface area contributed by atoms with E-state index in [1.54, 1.807) is 0 Å². The Morgan fingerprint density at radius 1 is 1.42 bits per heavy atom. The lowest BCUT2D eigenvalue weighted by Crippen LogP contribution is -2.37. The van der Waals surface area contributed by atoms with Crippen LogP contribution in [0.15, 0.2) is 22.7 Å². The number of hydrogen-bond acceptors (Lipinski definition) is 2. The largest absolute Gasteiger partial charge is 0.352 e. The van der Waals surface area contributed by atoms with E-state index in [0.717, 1.165) is 35.2 Å². The fourth-order valence-corrected chi connectivity index (χ4v) is 2.82. The number of nitrogens with zero attached hydrogens (tertiary/aromatic N) is 1. The maximum atomic E-state index is 12.2. The van der Waals surface area contributed by atoms with Crippen LogP contribution in [0.1, 0.15) is 28.8 Å². The molecule has 1 N–H and O–H groups in total. The summed E-state index contributed by atoms with van der Waals surface area (Å²) in [6, 6.07) is 5.74. The summed E-state index contributed by atoms with van der Waals surface area (Å²) in [5, 5.41) is 3.07. The predicted molar refractivity (Wildman–Crippen MR) is 81.4 cm³/mol. The van der Waals surface area contributed by atoms with Crippen LogP contribution >= 0.6 is 15.9 Å². The summed E-state index contributed by atoms with van der Waals surface area (Å²) in [5.41, 5.74) is 1.77. The third kappa shape index (κ3) is 3.80. The molecule has 1 amide bonds. The number of carbonyl (C=O) groups is 1. The molecule has 3 nitrogen and oxygen atoms in total. The Morgan fingerprint density at radius 2 is 2.11 bits per heavy atom. The molecule has 1 aromatic rings. The second-order valence-corrected chi connectivity index (χ2v) is 6.22. The van der Waals surface area contributed by atoms with Crippen LogP contribution in [0, 0.1) is 12.8 Å². The molecule has 4 heteroatoms. The van der Waals surface area contributed by atoms with Gasteiger partial charge in [0.05, 0.1) is 0 Å². The van der Waals surface area contributed by atoms with Crippen molar-refractivity contribution in [2.24, 2.45) is 5.92 Å². The van der Waals surface area contributed by atoms with Crippen molar-refractivity contribution >= 4 is 21.8 Å². The number of carbonyl (C=O) groups excluding carboxylic acids is 1. The van der Waals surface area contributed by atoms with Gasteiger partial charge in [0.25, 0.3) is 5.91 Å². The van der Waals surface area contributed by atoms with E-state index in [0.29, 0.717) is 5.92 Å². The number of rotatable bonds is 3. The first-order valence-corrected chi connectivity index (χ1v) is 7.59. The van der Waals surface area contributed by atoms with Gasteiger partial charge in [-0.15, -0.1) is 0 Å². The van der Waals surface area contributed by atoms with E-state index in [2.05, 4.69) is 33.2 Å². The van der Waals surface area contributed by atoms with Gasteiger partial charge in [-0.25, -0.2) is 0 Å². The summed E-state index contributed by atoms with van der Waals surface area (Å²) < 4.78 is 0.986. The minimum atomic E-state index is 0.0396. The van der Waals surface area contributed by atoms with Crippen molar-refractivity contribution in [2.45, 2.75) is 19.8 Å². The van der Waals surface area contributed by atoms with Crippen LogP contribution in [0.5, 0.6) is 0 Å². The van der Waals surface area contributed by atoms with Crippen molar-refractivity contribution in [3.05, 3.63) is 33.8 Å². The van der Waals surface area contributed by atoms with Crippen molar-refractivity contribution in [1.82, 2.24) is 10.2 Å². The molecular formula is C15H21BrN2O. The van der Waals surface area contributed by atoms with Crippen molar-refractivity contribution < 1.29 is 4.79 Å². The standard InChI is InChI=1S/C15H21BrN2O/c1-11-13(4-3-5-14(11)16)15(19)17-10-12-6-8-18(2)9-7-12/h3-5,12H,6-10H2,1-2H3,(H,17,19). The maximum absolute atomic E-state index is 12.2. The summed E-state index contributed by atoms with van der Waals surface area (Å²) in [4.78, 5) is 14.5. The topological polar surface area (TPSA) is 32.3 Å². The Labute approximate surface area is 123 Å². The van der Waals surface area contributed by atoms with Gasteiger partial charge in [0.2, 0.25) is 0 Å². The average Bonchev–Trinajstić information content (AvgIpc) is 2.41. The Morgan fingerprint density at radius 3 is 2.79 bits per heavy atom. The van der Waals surface area contributed by atoms with E-state index < -0.39 is 0 Å². The third-order valence-electron chi connectivity index (χ3n) is 3.90. The lowest BCUT2D eigenvalue weighted by molar-refractivity contribution is 0.0938. The Bertz CT molecular complexity index is 453. The van der Waals surface area contributed by atoms with Crippen molar-refractivity contribution in [3.8, 4) is 0 Å². The van der Waals surface area contributed by atoms with Gasteiger partial charge < -0.3 is 10.2 Å². The summed E-state index contributed by atoms with van der Waals surface area (Å²) in [6.07, 6.45) is 2.35. The molecule has 0 atom stereocenters. The molecule has 0 aliphatic carbocycles. The first kappa shape index (κ1) is 14.5. The van der Waals surface area contributed by atoms with E-state index in [1.807, 2.05) is 25.1 Å². The molecule has 1 aromatic carbocycles. The normalized spacial score (nSPS) is 17.4. The molecule has 0 unspecified atom stereocenters. The fraction of sp³-hybridized carbons (Fsp3) is 0.533. The van der Waals surface area contributed by atoms with Crippen LogP contribution in [-0.2, 0) is 0 Å². The monoisotopic (exact) mass is 324 g/mol. The Kier molecular flexibility index (Phi) is 4.99. The molecule has 0 spiro atoms. The van der Waals surface area contributed by atoms with E-state index in [-0.39, 0.29) is 5.91 Å². The van der Waals surface area contributed by atoms with Crippen LogP contribution in [0.3, 0.4) is 0 Å². The number of halogens is 1. The minimum Gasteiger partial charge on any atom is -0.352 e. The Hall–Kier alpha value is -0.870. The number of amides is 1. The summed E-state index contributed by atoms with van der Waals surface area (Å²) >= 11 is 3.46. The average molecular weight is 325 g/mol. The van der Waals surface area contributed by atoms with Crippen LogP contribution in [0.2, 0.25) is 0 Å². The molecular weight excluding hydrogens is 304 g/mol. The number of likely N-dealkylation sites (tertiary alicyclic amines) is 1. The first-order valence-electron chi connectivity index (χ1n) is 6.80. The molecule has 1 saturated heterocycles. The van der Waals surface area contributed by atoms with Crippen molar-refractivity contribution in [3.63, 3.8) is 0 Å². The van der Waals surface area contributed by atoms with E-state index in [1.165, 1.54) is 12.8 Å². The van der Waals surface area contributed by atoms with E-state index in [4.69, 9.17) is 0 Å². The van der Waals surface area contributed by atoms with Gasteiger partial charge in [-0.1, -0.05) is 22.0 Å². The molecule has 104 valence electrons. The SMILES string of the molecule is Cc1c(Br)cccc1C(=O)NCC1CCN(C)CC1. The van der Waals surface area contributed by atoms with Gasteiger partial charge in [-0.05, 0) is 63.5 Å². The highest BCUT2D eigenvalue weighted by atomic mass is 79.9. The van der Waals surface area contributed by atoms with Gasteiger partial charge in [0, 0.05) is 16.6 Å². The molecule has 1 aliphatic heterocycles.